The molecule has 0 aliphatic rings. The number of carbonyl (C=O) groups is 1. The Labute approximate surface area is 119 Å². The van der Waals surface area contributed by atoms with Crippen molar-refractivity contribution in [1.82, 2.24) is 4.98 Å². The topological polar surface area (TPSA) is 70.4 Å². The van der Waals surface area contributed by atoms with Gasteiger partial charge in [-0.15, -0.1) is 0 Å². The van der Waals surface area contributed by atoms with Crippen LogP contribution in [0, 0.1) is 0 Å². The van der Waals surface area contributed by atoms with Gasteiger partial charge in [-0.3, -0.25) is 4.79 Å². The predicted molar refractivity (Wildman–Crippen MR) is 73.0 cm³/mol. The van der Waals surface area contributed by atoms with E-state index in [1.54, 1.807) is 0 Å². The Morgan fingerprint density at radius 3 is 2.44 bits per heavy atom. The van der Waals surface area contributed by atoms with Crippen molar-refractivity contribution in [3.63, 3.8) is 0 Å². The molecule has 1 heterocycles. The molecule has 1 rings (SSSR count). The Hall–Kier alpha value is -0.330. The van der Waals surface area contributed by atoms with Crippen molar-refractivity contribution in [3.05, 3.63) is 28.0 Å². The van der Waals surface area contributed by atoms with E-state index in [1.165, 1.54) is 19.1 Å². The zero-order valence-electron chi connectivity index (χ0n) is 9.64. The molecule has 0 aliphatic heterocycles. The maximum absolute atomic E-state index is 10.7. The van der Waals surface area contributed by atoms with Gasteiger partial charge in [-0.2, -0.15) is 0 Å². The summed E-state index contributed by atoms with van der Waals surface area (Å²) in [6.45, 7) is 1.45. The lowest BCUT2D eigenvalue weighted by Gasteiger charge is -2.18. The third kappa shape index (κ3) is 5.12. The van der Waals surface area contributed by atoms with Crippen molar-refractivity contribution < 1.29 is 15.0 Å². The summed E-state index contributed by atoms with van der Waals surface area (Å²) in [5.41, 5.74) is 0.403. The van der Waals surface area contributed by atoms with Crippen molar-refractivity contribution in [2.24, 2.45) is 0 Å². The van der Waals surface area contributed by atoms with Crippen LogP contribution >= 0.6 is 35.0 Å². The number of hydrogen-bond donors (Lipinski definition) is 2. The smallest absolute Gasteiger partial charge is 0.185 e. The number of carbonyl (C=O) groups excluding carboxylic acids is 1. The molecule has 2 N–H and O–H groups in total. The summed E-state index contributed by atoms with van der Waals surface area (Å²) in [4.78, 5) is 14.5. The van der Waals surface area contributed by atoms with Gasteiger partial charge in [0.15, 0.2) is 5.12 Å². The van der Waals surface area contributed by atoms with Gasteiger partial charge in [0.25, 0.3) is 0 Å². The van der Waals surface area contributed by atoms with E-state index >= 15 is 0 Å². The zero-order valence-corrected chi connectivity index (χ0v) is 12.0. The van der Waals surface area contributed by atoms with E-state index < -0.39 is 12.2 Å². The van der Waals surface area contributed by atoms with Gasteiger partial charge >= 0.3 is 0 Å². The molecule has 0 saturated carbocycles. The summed E-state index contributed by atoms with van der Waals surface area (Å²) in [7, 11) is 0. The van der Waals surface area contributed by atoms with Crippen LogP contribution in [0.4, 0.5) is 0 Å². The first kappa shape index (κ1) is 15.7. The molecule has 0 bridgehead atoms. The Morgan fingerprint density at radius 1 is 1.39 bits per heavy atom. The maximum Gasteiger partial charge on any atom is 0.185 e. The number of aliphatic hydroxyl groups is 2. The molecule has 0 fully saturated rings. The molecule has 0 amide bonds. The molecule has 0 saturated heterocycles. The molecule has 2 atom stereocenters. The minimum absolute atomic E-state index is 0.0216. The van der Waals surface area contributed by atoms with Crippen LogP contribution in [0.2, 0.25) is 10.3 Å². The highest BCUT2D eigenvalue weighted by molar-refractivity contribution is 8.13. The summed E-state index contributed by atoms with van der Waals surface area (Å²) in [6, 6.07) is 2.89. The second-order valence-corrected chi connectivity index (χ2v) is 5.73. The molecule has 2 unspecified atom stereocenters. The van der Waals surface area contributed by atoms with E-state index in [0.717, 1.165) is 11.8 Å². The van der Waals surface area contributed by atoms with Crippen LogP contribution in [0.25, 0.3) is 0 Å². The minimum Gasteiger partial charge on any atom is -0.390 e. The highest BCUT2D eigenvalue weighted by atomic mass is 35.5. The van der Waals surface area contributed by atoms with Crippen molar-refractivity contribution in [1.29, 1.82) is 0 Å². The molecular formula is C11H13Cl2NO3S. The van der Waals surface area contributed by atoms with Gasteiger partial charge in [-0.25, -0.2) is 4.98 Å². The fourth-order valence-corrected chi connectivity index (χ4v) is 2.48. The first-order valence-electron chi connectivity index (χ1n) is 5.22. The molecule has 0 spiro atoms. The Balaban J connectivity index is 2.62. The van der Waals surface area contributed by atoms with Crippen LogP contribution in [0.1, 0.15) is 25.0 Å². The van der Waals surface area contributed by atoms with Crippen LogP contribution in [-0.2, 0) is 4.79 Å². The largest absolute Gasteiger partial charge is 0.390 e. The van der Waals surface area contributed by atoms with Gasteiger partial charge < -0.3 is 10.2 Å². The number of hydrogen-bond acceptors (Lipinski definition) is 5. The second-order valence-electron chi connectivity index (χ2n) is 3.69. The third-order valence-electron chi connectivity index (χ3n) is 2.21. The van der Waals surface area contributed by atoms with Gasteiger partial charge in [-0.05, 0) is 24.1 Å². The number of aliphatic hydroxyl groups excluding tert-OH is 2. The normalized spacial score (nSPS) is 14.3. The lowest BCUT2D eigenvalue weighted by atomic mass is 10.0. The van der Waals surface area contributed by atoms with Crippen molar-refractivity contribution >= 4 is 40.1 Å². The molecule has 18 heavy (non-hydrogen) atoms. The first-order chi connectivity index (χ1) is 8.40. The van der Waals surface area contributed by atoms with Gasteiger partial charge in [0.1, 0.15) is 16.4 Å². The van der Waals surface area contributed by atoms with Gasteiger partial charge in [0.05, 0.1) is 6.10 Å². The van der Waals surface area contributed by atoms with E-state index in [-0.39, 0.29) is 15.4 Å². The standard InChI is InChI=1S/C11H13Cl2NO3S/c1-6(15)18-3-2-8(16)11(17)7-4-9(12)14-10(13)5-7/h4-5,8,11,16-17H,2-3H2,1H3. The van der Waals surface area contributed by atoms with Crippen LogP contribution in [0.5, 0.6) is 0 Å². The molecule has 1 aromatic heterocycles. The van der Waals surface area contributed by atoms with E-state index in [9.17, 15) is 15.0 Å². The second kappa shape index (κ2) is 7.31. The number of thioether (sulfide) groups is 1. The average molecular weight is 310 g/mol. The highest BCUT2D eigenvalue weighted by Gasteiger charge is 2.19. The molecular weight excluding hydrogens is 297 g/mol. The summed E-state index contributed by atoms with van der Waals surface area (Å²) >= 11 is 12.5. The van der Waals surface area contributed by atoms with Crippen molar-refractivity contribution in [2.45, 2.75) is 25.6 Å². The minimum atomic E-state index is -1.10. The summed E-state index contributed by atoms with van der Waals surface area (Å²) < 4.78 is 0. The number of aromatic nitrogens is 1. The third-order valence-corrected chi connectivity index (χ3v) is 3.44. The summed E-state index contributed by atoms with van der Waals surface area (Å²) in [5, 5.41) is 20.0. The number of pyridine rings is 1. The van der Waals surface area contributed by atoms with E-state index in [1.807, 2.05) is 0 Å². The van der Waals surface area contributed by atoms with Crippen LogP contribution < -0.4 is 0 Å². The van der Waals surface area contributed by atoms with E-state index in [4.69, 9.17) is 23.2 Å². The zero-order chi connectivity index (χ0) is 13.7. The average Bonchev–Trinajstić information content (AvgIpc) is 2.26. The summed E-state index contributed by atoms with van der Waals surface area (Å²) in [5.74, 6) is 0.445. The summed E-state index contributed by atoms with van der Waals surface area (Å²) in [6.07, 6.45) is -1.79. The Bertz CT molecular complexity index is 410. The molecule has 0 aliphatic carbocycles. The molecule has 7 heteroatoms. The van der Waals surface area contributed by atoms with Crippen molar-refractivity contribution in [3.8, 4) is 0 Å². The lowest BCUT2D eigenvalue weighted by molar-refractivity contribution is -0.109. The van der Waals surface area contributed by atoms with Crippen LogP contribution in [0.3, 0.4) is 0 Å². The van der Waals surface area contributed by atoms with Gasteiger partial charge in [-0.1, -0.05) is 35.0 Å². The fourth-order valence-electron chi connectivity index (χ4n) is 1.36. The van der Waals surface area contributed by atoms with Crippen LogP contribution in [0.15, 0.2) is 12.1 Å². The predicted octanol–water partition coefficient (Wildman–Crippen LogP) is 2.45. The lowest BCUT2D eigenvalue weighted by Crippen LogP contribution is -2.19. The van der Waals surface area contributed by atoms with Crippen molar-refractivity contribution in [2.75, 3.05) is 5.75 Å². The quantitative estimate of drug-likeness (QED) is 0.818. The van der Waals surface area contributed by atoms with E-state index in [2.05, 4.69) is 4.98 Å². The van der Waals surface area contributed by atoms with E-state index in [0.29, 0.717) is 17.7 Å². The number of nitrogens with zero attached hydrogens (tertiary/aromatic N) is 1. The fraction of sp³-hybridized carbons (Fsp3) is 0.455. The Kier molecular flexibility index (Phi) is 6.38. The van der Waals surface area contributed by atoms with Crippen LogP contribution in [-0.4, -0.2) is 32.2 Å². The van der Waals surface area contributed by atoms with Gasteiger partial charge in [0, 0.05) is 12.7 Å². The number of halogens is 2. The Morgan fingerprint density at radius 2 is 1.94 bits per heavy atom. The molecule has 0 aromatic carbocycles. The highest BCUT2D eigenvalue weighted by Crippen LogP contribution is 2.24. The monoisotopic (exact) mass is 309 g/mol. The maximum atomic E-state index is 10.7. The molecule has 100 valence electrons. The first-order valence-corrected chi connectivity index (χ1v) is 6.96. The molecule has 4 nitrogen and oxygen atoms in total. The van der Waals surface area contributed by atoms with Gasteiger partial charge in [0.2, 0.25) is 0 Å². The number of rotatable bonds is 5. The molecule has 0 radical (unpaired) electrons. The SMILES string of the molecule is CC(=O)SCCC(O)C(O)c1cc(Cl)nc(Cl)c1. The molecule has 1 aromatic rings.